The van der Waals surface area contributed by atoms with Gasteiger partial charge in [-0.2, -0.15) is 4.99 Å². The monoisotopic (exact) mass is 149 g/mol. The van der Waals surface area contributed by atoms with E-state index in [-0.39, 0.29) is 5.06 Å². The molecule has 1 atom stereocenters. The molecule has 4 heteroatoms. The Hall–Kier alpha value is -1.26. The lowest BCUT2D eigenvalue weighted by Crippen LogP contribution is -3.03. The predicted octanol–water partition coefficient (Wildman–Crippen LogP) is 0.159. The molecule has 1 aromatic rings. The number of quaternary nitrogens is 1. The third-order valence-electron chi connectivity index (χ3n) is 1.66. The molecule has 0 bridgehead atoms. The van der Waals surface area contributed by atoms with Crippen LogP contribution in [0.4, 0.5) is 11.4 Å². The van der Waals surface area contributed by atoms with Crippen molar-refractivity contribution in [2.24, 2.45) is 4.99 Å². The average Bonchev–Trinajstić information content (AvgIpc) is 2.30. The van der Waals surface area contributed by atoms with E-state index in [1.165, 1.54) is 0 Å². The first-order chi connectivity index (χ1) is 5.29. The molecule has 0 saturated carbocycles. The number of aromatic nitrogens is 1. The standard InChI is InChI=1S/C7H7N3O/c1-5-9-6-4-8-3-2-7(6)10(5)11/h2-4,10H,1H3. The van der Waals surface area contributed by atoms with Crippen molar-refractivity contribution in [3.63, 3.8) is 0 Å². The van der Waals surface area contributed by atoms with Gasteiger partial charge in [0.2, 0.25) is 5.84 Å². The fourth-order valence-corrected chi connectivity index (χ4v) is 1.09. The lowest BCUT2D eigenvalue weighted by Gasteiger charge is -2.14. The second-order valence-electron chi connectivity index (χ2n) is 2.42. The fourth-order valence-electron chi connectivity index (χ4n) is 1.09. The van der Waals surface area contributed by atoms with Crippen LogP contribution in [0.5, 0.6) is 0 Å². The van der Waals surface area contributed by atoms with E-state index in [2.05, 4.69) is 9.98 Å². The molecule has 0 radical (unpaired) electrons. The Bertz CT molecular complexity index is 321. The van der Waals surface area contributed by atoms with Gasteiger partial charge in [-0.1, -0.05) is 0 Å². The maximum atomic E-state index is 11.2. The van der Waals surface area contributed by atoms with Crippen molar-refractivity contribution in [3.05, 3.63) is 23.7 Å². The summed E-state index contributed by atoms with van der Waals surface area (Å²) in [6.07, 6.45) is 3.20. The Morgan fingerprint density at radius 2 is 2.36 bits per heavy atom. The van der Waals surface area contributed by atoms with Crippen molar-refractivity contribution in [2.45, 2.75) is 6.92 Å². The van der Waals surface area contributed by atoms with E-state index in [1.54, 1.807) is 25.4 Å². The van der Waals surface area contributed by atoms with Gasteiger partial charge in [0.1, 0.15) is 5.69 Å². The van der Waals surface area contributed by atoms with Gasteiger partial charge < -0.3 is 5.21 Å². The van der Waals surface area contributed by atoms with Crippen LogP contribution in [0.1, 0.15) is 6.92 Å². The van der Waals surface area contributed by atoms with Crippen LogP contribution in [0, 0.1) is 5.21 Å². The van der Waals surface area contributed by atoms with E-state index in [0.717, 1.165) is 0 Å². The third-order valence-corrected chi connectivity index (χ3v) is 1.66. The Kier molecular flexibility index (Phi) is 1.24. The molecule has 4 nitrogen and oxygen atoms in total. The molecule has 11 heavy (non-hydrogen) atoms. The molecule has 0 spiro atoms. The van der Waals surface area contributed by atoms with Crippen LogP contribution in [-0.2, 0) is 0 Å². The molecular weight excluding hydrogens is 142 g/mol. The van der Waals surface area contributed by atoms with Gasteiger partial charge in [0.05, 0.1) is 6.20 Å². The summed E-state index contributed by atoms with van der Waals surface area (Å²) < 4.78 is 0. The Morgan fingerprint density at radius 3 is 3.09 bits per heavy atom. The highest BCUT2D eigenvalue weighted by atomic mass is 16.5. The highest BCUT2D eigenvalue weighted by Gasteiger charge is 2.19. The topological polar surface area (TPSA) is 52.8 Å². The number of fused-ring (bicyclic) bond motifs is 1. The molecule has 1 aromatic heterocycles. The summed E-state index contributed by atoms with van der Waals surface area (Å²) in [5.74, 6) is 0.549. The zero-order valence-electron chi connectivity index (χ0n) is 6.03. The van der Waals surface area contributed by atoms with Crippen LogP contribution in [0.2, 0.25) is 0 Å². The maximum Gasteiger partial charge on any atom is 0.203 e. The van der Waals surface area contributed by atoms with Gasteiger partial charge in [-0.05, 0) is 0 Å². The molecule has 0 saturated heterocycles. The van der Waals surface area contributed by atoms with Crippen LogP contribution < -0.4 is 5.06 Å². The van der Waals surface area contributed by atoms with Gasteiger partial charge in [0.25, 0.3) is 0 Å². The smallest absolute Gasteiger partial charge is 0.203 e. The summed E-state index contributed by atoms with van der Waals surface area (Å²) in [5, 5.41) is 11.3. The van der Waals surface area contributed by atoms with Crippen LogP contribution >= 0.6 is 0 Å². The fraction of sp³-hybridized carbons (Fsp3) is 0.143. The first-order valence-corrected chi connectivity index (χ1v) is 3.33. The van der Waals surface area contributed by atoms with Crippen molar-refractivity contribution in [2.75, 3.05) is 0 Å². The molecule has 0 amide bonds. The molecule has 0 aromatic carbocycles. The molecule has 56 valence electrons. The third kappa shape index (κ3) is 0.840. The summed E-state index contributed by atoms with van der Waals surface area (Å²) in [6, 6.07) is 1.69. The zero-order chi connectivity index (χ0) is 7.84. The number of nitrogens with one attached hydrogen (secondary N) is 1. The lowest BCUT2D eigenvalue weighted by molar-refractivity contribution is -0.664. The largest absolute Gasteiger partial charge is 0.622 e. The number of aliphatic imine (C=N–C) groups is 1. The first-order valence-electron chi connectivity index (χ1n) is 3.33. The summed E-state index contributed by atoms with van der Waals surface area (Å²) in [7, 11) is 0. The minimum atomic E-state index is 0.0161. The number of amidine groups is 1. The van der Waals surface area contributed by atoms with Crippen molar-refractivity contribution in [1.29, 1.82) is 0 Å². The number of pyridine rings is 1. The van der Waals surface area contributed by atoms with Gasteiger partial charge in [-0.3, -0.25) is 10.0 Å². The Morgan fingerprint density at radius 1 is 1.55 bits per heavy atom. The van der Waals surface area contributed by atoms with E-state index in [9.17, 15) is 5.21 Å². The van der Waals surface area contributed by atoms with E-state index in [0.29, 0.717) is 17.2 Å². The second kappa shape index (κ2) is 2.11. The molecule has 0 aliphatic carbocycles. The second-order valence-corrected chi connectivity index (χ2v) is 2.42. The van der Waals surface area contributed by atoms with Crippen LogP contribution in [0.3, 0.4) is 0 Å². The van der Waals surface area contributed by atoms with Crippen LogP contribution in [0.15, 0.2) is 23.5 Å². The number of hydrogen-bond acceptors (Lipinski definition) is 3. The molecule has 1 aliphatic rings. The van der Waals surface area contributed by atoms with E-state index in [1.807, 2.05) is 0 Å². The molecule has 0 fully saturated rings. The normalized spacial score (nSPS) is 21.3. The SMILES string of the molecule is CC1=Nc2cnccc2[NH+]1[O-]. The van der Waals surface area contributed by atoms with Gasteiger partial charge >= 0.3 is 0 Å². The summed E-state index contributed by atoms with van der Waals surface area (Å²) in [4.78, 5) is 7.90. The number of rotatable bonds is 0. The zero-order valence-corrected chi connectivity index (χ0v) is 6.03. The maximum absolute atomic E-state index is 11.2. The van der Waals surface area contributed by atoms with Crippen LogP contribution in [0.25, 0.3) is 0 Å². The Labute approximate surface area is 63.8 Å². The highest BCUT2D eigenvalue weighted by Crippen LogP contribution is 2.22. The predicted molar refractivity (Wildman–Crippen MR) is 41.0 cm³/mol. The van der Waals surface area contributed by atoms with Gasteiger partial charge in [0.15, 0.2) is 5.69 Å². The highest BCUT2D eigenvalue weighted by molar-refractivity contribution is 5.84. The van der Waals surface area contributed by atoms with Gasteiger partial charge in [0, 0.05) is 19.2 Å². The molecular formula is C7H7N3O. The molecule has 1 N–H and O–H groups in total. The van der Waals surface area contributed by atoms with Gasteiger partial charge in [-0.15, -0.1) is 0 Å². The molecule has 1 aliphatic heterocycles. The summed E-state index contributed by atoms with van der Waals surface area (Å²) >= 11 is 0. The van der Waals surface area contributed by atoms with Crippen molar-refractivity contribution >= 4 is 17.2 Å². The van der Waals surface area contributed by atoms with Crippen molar-refractivity contribution in [1.82, 2.24) is 4.98 Å². The van der Waals surface area contributed by atoms with Crippen molar-refractivity contribution < 1.29 is 5.06 Å². The van der Waals surface area contributed by atoms with Gasteiger partial charge in [-0.25, -0.2) is 0 Å². The summed E-state index contributed by atoms with van der Waals surface area (Å²) in [6.45, 7) is 1.71. The van der Waals surface area contributed by atoms with E-state index in [4.69, 9.17) is 0 Å². The Balaban J connectivity index is 2.58. The number of hydroxylamine groups is 1. The minimum absolute atomic E-state index is 0.0161. The first kappa shape index (κ1) is 6.45. The number of hydrogen-bond donors (Lipinski definition) is 1. The van der Waals surface area contributed by atoms with Crippen LogP contribution in [-0.4, -0.2) is 10.8 Å². The van der Waals surface area contributed by atoms with Crippen molar-refractivity contribution in [3.8, 4) is 0 Å². The molecule has 1 unspecified atom stereocenters. The van der Waals surface area contributed by atoms with E-state index >= 15 is 0 Å². The molecule has 2 heterocycles. The minimum Gasteiger partial charge on any atom is -0.622 e. The summed E-state index contributed by atoms with van der Waals surface area (Å²) in [5.41, 5.74) is 1.35. The quantitative estimate of drug-likeness (QED) is 0.534. The van der Waals surface area contributed by atoms with E-state index < -0.39 is 0 Å². The molecule has 2 rings (SSSR count). The number of nitrogens with zero attached hydrogens (tertiary/aromatic N) is 2. The average molecular weight is 149 g/mol. The lowest BCUT2D eigenvalue weighted by atomic mass is 10.4.